The predicted octanol–water partition coefficient (Wildman–Crippen LogP) is 0.639. The van der Waals surface area contributed by atoms with E-state index in [0.717, 1.165) is 36.5 Å². The normalized spacial score (nSPS) is 22.1. The molecule has 0 saturated carbocycles. The molecule has 1 fully saturated rings. The van der Waals surface area contributed by atoms with Crippen LogP contribution in [0.15, 0.2) is 12.2 Å². The maximum absolute atomic E-state index is 11.1. The van der Waals surface area contributed by atoms with Crippen LogP contribution in [0.3, 0.4) is 0 Å². The highest BCUT2D eigenvalue weighted by Gasteiger charge is 2.14. The van der Waals surface area contributed by atoms with Crippen LogP contribution >= 0.6 is 11.8 Å². The lowest BCUT2D eigenvalue weighted by atomic mass is 10.2. The zero-order valence-electron chi connectivity index (χ0n) is 7.73. The summed E-state index contributed by atoms with van der Waals surface area (Å²) in [5.41, 5.74) is 0. The molecule has 1 aliphatic rings. The Hall–Kier alpha value is -0.970. The minimum Gasteiger partial charge on any atom is -0.478 e. The van der Waals surface area contributed by atoms with Crippen LogP contribution in [0, 0.1) is 0 Å². The van der Waals surface area contributed by atoms with Crippen molar-refractivity contribution in [1.82, 2.24) is 5.32 Å². The second kappa shape index (κ2) is 5.70. The topological polar surface area (TPSA) is 66.4 Å². The predicted molar refractivity (Wildman–Crippen MR) is 55.3 cm³/mol. The van der Waals surface area contributed by atoms with E-state index in [1.807, 2.05) is 11.8 Å². The Morgan fingerprint density at radius 1 is 1.43 bits per heavy atom. The average molecular weight is 215 g/mol. The third-order valence-electron chi connectivity index (χ3n) is 1.88. The number of carbonyl (C=O) groups excluding carboxylic acids is 1. The number of aliphatic carboxylic acids is 1. The summed E-state index contributed by atoms with van der Waals surface area (Å²) in [6, 6.07) is 0.194. The first-order valence-corrected chi connectivity index (χ1v) is 5.63. The Balaban J connectivity index is 2.28. The minimum absolute atomic E-state index is 0.194. The van der Waals surface area contributed by atoms with E-state index >= 15 is 0 Å². The SMILES string of the molecule is O=C(O)/C=C/C(=O)NC1CCCSC1. The first-order valence-electron chi connectivity index (χ1n) is 4.48. The molecular weight excluding hydrogens is 202 g/mol. The van der Waals surface area contributed by atoms with Gasteiger partial charge in [-0.05, 0) is 18.6 Å². The van der Waals surface area contributed by atoms with E-state index in [-0.39, 0.29) is 11.9 Å². The summed E-state index contributed by atoms with van der Waals surface area (Å²) in [5.74, 6) is 0.655. The zero-order valence-corrected chi connectivity index (χ0v) is 8.55. The Labute approximate surface area is 86.8 Å². The third-order valence-corrected chi connectivity index (χ3v) is 3.10. The fourth-order valence-corrected chi connectivity index (χ4v) is 2.32. The van der Waals surface area contributed by atoms with E-state index < -0.39 is 5.97 Å². The molecule has 1 saturated heterocycles. The van der Waals surface area contributed by atoms with Crippen LogP contribution in [-0.2, 0) is 9.59 Å². The van der Waals surface area contributed by atoms with Crippen LogP contribution in [0.25, 0.3) is 0 Å². The van der Waals surface area contributed by atoms with E-state index in [1.54, 1.807) is 0 Å². The van der Waals surface area contributed by atoms with Crippen molar-refractivity contribution in [2.45, 2.75) is 18.9 Å². The van der Waals surface area contributed by atoms with Gasteiger partial charge < -0.3 is 10.4 Å². The van der Waals surface area contributed by atoms with E-state index in [2.05, 4.69) is 5.32 Å². The number of amides is 1. The molecule has 0 aromatic carbocycles. The van der Waals surface area contributed by atoms with Crippen LogP contribution in [0.2, 0.25) is 0 Å². The Morgan fingerprint density at radius 2 is 2.21 bits per heavy atom. The van der Waals surface area contributed by atoms with Crippen LogP contribution in [-0.4, -0.2) is 34.5 Å². The fourth-order valence-electron chi connectivity index (χ4n) is 1.25. The molecular formula is C9H13NO3S. The van der Waals surface area contributed by atoms with Gasteiger partial charge in [-0.2, -0.15) is 11.8 Å². The summed E-state index contributed by atoms with van der Waals surface area (Å²) in [4.78, 5) is 21.3. The van der Waals surface area contributed by atoms with Crippen molar-refractivity contribution >= 4 is 23.6 Å². The summed E-state index contributed by atoms with van der Waals surface area (Å²) in [6.07, 6.45) is 4.00. The molecule has 0 radical (unpaired) electrons. The molecule has 2 N–H and O–H groups in total. The first-order chi connectivity index (χ1) is 6.68. The number of hydrogen-bond donors (Lipinski definition) is 2. The van der Waals surface area contributed by atoms with Crippen molar-refractivity contribution < 1.29 is 14.7 Å². The third kappa shape index (κ3) is 4.32. The highest BCUT2D eigenvalue weighted by atomic mass is 32.2. The smallest absolute Gasteiger partial charge is 0.328 e. The molecule has 1 atom stereocenters. The van der Waals surface area contributed by atoms with Crippen molar-refractivity contribution in [2.75, 3.05) is 11.5 Å². The van der Waals surface area contributed by atoms with Gasteiger partial charge in [0.15, 0.2) is 0 Å². The highest BCUT2D eigenvalue weighted by Crippen LogP contribution is 2.16. The lowest BCUT2D eigenvalue weighted by Gasteiger charge is -2.21. The van der Waals surface area contributed by atoms with Gasteiger partial charge >= 0.3 is 5.97 Å². The Morgan fingerprint density at radius 3 is 2.79 bits per heavy atom. The number of carboxylic acids is 1. The number of rotatable bonds is 3. The van der Waals surface area contributed by atoms with Crippen molar-refractivity contribution in [2.24, 2.45) is 0 Å². The van der Waals surface area contributed by atoms with Gasteiger partial charge in [0.05, 0.1) is 0 Å². The molecule has 0 aromatic heterocycles. The first kappa shape index (κ1) is 11.1. The van der Waals surface area contributed by atoms with E-state index in [0.29, 0.717) is 0 Å². The molecule has 14 heavy (non-hydrogen) atoms. The molecule has 1 heterocycles. The van der Waals surface area contributed by atoms with Crippen molar-refractivity contribution in [3.63, 3.8) is 0 Å². The van der Waals surface area contributed by atoms with Crippen LogP contribution in [0.1, 0.15) is 12.8 Å². The van der Waals surface area contributed by atoms with E-state index in [9.17, 15) is 9.59 Å². The van der Waals surface area contributed by atoms with Gasteiger partial charge in [-0.15, -0.1) is 0 Å². The molecule has 1 amide bonds. The van der Waals surface area contributed by atoms with Gasteiger partial charge in [-0.1, -0.05) is 0 Å². The molecule has 1 unspecified atom stereocenters. The molecule has 4 nitrogen and oxygen atoms in total. The van der Waals surface area contributed by atoms with Gasteiger partial charge in [-0.3, -0.25) is 4.79 Å². The molecule has 0 bridgehead atoms. The van der Waals surface area contributed by atoms with Crippen molar-refractivity contribution in [1.29, 1.82) is 0 Å². The van der Waals surface area contributed by atoms with E-state index in [1.165, 1.54) is 0 Å². The summed E-state index contributed by atoms with van der Waals surface area (Å²) in [7, 11) is 0. The Bertz CT molecular complexity index is 246. The molecule has 78 valence electrons. The molecule has 0 spiro atoms. The summed E-state index contributed by atoms with van der Waals surface area (Å²) < 4.78 is 0. The van der Waals surface area contributed by atoms with Gasteiger partial charge in [-0.25, -0.2) is 4.79 Å². The number of thioether (sulfide) groups is 1. The number of hydrogen-bond acceptors (Lipinski definition) is 3. The summed E-state index contributed by atoms with van der Waals surface area (Å²) >= 11 is 1.81. The largest absolute Gasteiger partial charge is 0.478 e. The second-order valence-corrected chi connectivity index (χ2v) is 4.24. The van der Waals surface area contributed by atoms with Crippen LogP contribution in [0.4, 0.5) is 0 Å². The number of carboxylic acid groups (broad SMARTS) is 1. The van der Waals surface area contributed by atoms with Gasteiger partial charge in [0.2, 0.25) is 5.91 Å². The summed E-state index contributed by atoms with van der Waals surface area (Å²) in [5, 5.41) is 11.1. The lowest BCUT2D eigenvalue weighted by Crippen LogP contribution is -2.37. The molecule has 1 aliphatic heterocycles. The highest BCUT2D eigenvalue weighted by molar-refractivity contribution is 7.99. The molecule has 1 rings (SSSR count). The van der Waals surface area contributed by atoms with Gasteiger partial charge in [0.1, 0.15) is 0 Å². The van der Waals surface area contributed by atoms with Crippen molar-refractivity contribution in [3.05, 3.63) is 12.2 Å². The van der Waals surface area contributed by atoms with Crippen molar-refractivity contribution in [3.8, 4) is 0 Å². The van der Waals surface area contributed by atoms with Crippen LogP contribution in [0.5, 0.6) is 0 Å². The standard InChI is InChI=1S/C9H13NO3S/c11-8(3-4-9(12)13)10-7-2-1-5-14-6-7/h3-4,7H,1-2,5-6H2,(H,10,11)(H,12,13)/b4-3+. The van der Waals surface area contributed by atoms with Crippen LogP contribution < -0.4 is 5.32 Å². The second-order valence-electron chi connectivity index (χ2n) is 3.09. The van der Waals surface area contributed by atoms with Gasteiger partial charge in [0, 0.05) is 23.9 Å². The quantitative estimate of drug-likeness (QED) is 0.678. The number of nitrogens with one attached hydrogen (secondary N) is 1. The zero-order chi connectivity index (χ0) is 10.4. The molecule has 0 aliphatic carbocycles. The summed E-state index contributed by atoms with van der Waals surface area (Å²) in [6.45, 7) is 0. The monoisotopic (exact) mass is 215 g/mol. The number of carbonyl (C=O) groups is 2. The molecule has 0 aromatic rings. The average Bonchev–Trinajstić information content (AvgIpc) is 2.16. The maximum Gasteiger partial charge on any atom is 0.328 e. The van der Waals surface area contributed by atoms with E-state index in [4.69, 9.17) is 5.11 Å². The Kier molecular flexibility index (Phi) is 4.52. The lowest BCUT2D eigenvalue weighted by molar-refractivity contribution is -0.131. The maximum atomic E-state index is 11.1. The fraction of sp³-hybridized carbons (Fsp3) is 0.556. The van der Waals surface area contributed by atoms with Gasteiger partial charge in [0.25, 0.3) is 0 Å². The molecule has 5 heteroatoms. The minimum atomic E-state index is -1.10.